The van der Waals surface area contributed by atoms with Crippen LogP contribution in [-0.2, 0) is 24.4 Å². The fourth-order valence-electron chi connectivity index (χ4n) is 3.76. The topological polar surface area (TPSA) is 93.6 Å². The minimum Gasteiger partial charge on any atom is -0.372 e. The van der Waals surface area contributed by atoms with Gasteiger partial charge in [0.2, 0.25) is 24.0 Å². The Kier molecular flexibility index (Phi) is 6.38. The maximum absolute atomic E-state index is 13.6. The molecule has 7 nitrogen and oxygen atoms in total. The molecule has 0 amide bonds. The maximum Gasteiger partial charge on any atom is 0.233 e. The van der Waals surface area contributed by atoms with Crippen LogP contribution >= 0.6 is 11.3 Å². The van der Waals surface area contributed by atoms with Gasteiger partial charge in [-0.15, -0.1) is 0 Å². The summed E-state index contributed by atoms with van der Waals surface area (Å²) in [5.41, 5.74) is 1.85. The Morgan fingerprint density at radius 3 is 1.76 bits per heavy atom. The van der Waals surface area contributed by atoms with Crippen LogP contribution in [0.15, 0.2) is 67.7 Å². The molecular weight excluding hydrogens is 480 g/mol. The molecule has 33 heavy (non-hydrogen) atoms. The zero-order valence-corrected chi connectivity index (χ0v) is 21.3. The number of rotatable bonds is 5. The third-order valence-corrected chi connectivity index (χ3v) is 10.5. The Balaban J connectivity index is 1.88. The largest absolute Gasteiger partial charge is 0.372 e. The van der Waals surface area contributed by atoms with E-state index in [1.807, 2.05) is 32.6 Å². The van der Waals surface area contributed by atoms with Crippen LogP contribution < -0.4 is 4.90 Å². The molecule has 1 fully saturated rings. The standard InChI is InChI=1S/C23H26N2O5S3/c1-15-5-9-19(10-6-15)32(26,27)21-22(25-13-17(3)30-18(4)14-25)31-23(24-21)33(28,29)20-11-7-16(2)8-12-20/h5-12,17-18H,13-14H2,1-4H3/t17-,18+. The number of nitrogens with zero attached hydrogens (tertiary/aromatic N) is 2. The van der Waals surface area contributed by atoms with Crippen LogP contribution in [0.25, 0.3) is 0 Å². The summed E-state index contributed by atoms with van der Waals surface area (Å²) in [4.78, 5) is 6.26. The van der Waals surface area contributed by atoms with Gasteiger partial charge in [-0.2, -0.15) is 0 Å². The van der Waals surface area contributed by atoms with Crippen LogP contribution in [0.5, 0.6) is 0 Å². The second kappa shape index (κ2) is 8.83. The first-order valence-corrected chi connectivity index (χ1v) is 14.3. The van der Waals surface area contributed by atoms with E-state index in [2.05, 4.69) is 4.98 Å². The van der Waals surface area contributed by atoms with Crippen molar-refractivity contribution in [2.45, 2.75) is 59.1 Å². The van der Waals surface area contributed by atoms with Gasteiger partial charge in [0, 0.05) is 13.1 Å². The van der Waals surface area contributed by atoms with E-state index in [-0.39, 0.29) is 31.4 Å². The fourth-order valence-corrected chi connectivity index (χ4v) is 8.20. The number of aryl methyl sites for hydroxylation is 2. The van der Waals surface area contributed by atoms with E-state index in [1.54, 1.807) is 24.3 Å². The zero-order valence-electron chi connectivity index (χ0n) is 18.8. The SMILES string of the molecule is Cc1ccc(S(=O)(=O)c2nc(S(=O)(=O)c3ccc(C)cc3)c(N3C[C@@H](C)O[C@@H](C)C3)s2)cc1. The summed E-state index contributed by atoms with van der Waals surface area (Å²) in [6.45, 7) is 8.42. The maximum atomic E-state index is 13.6. The molecule has 0 spiro atoms. The number of morpholine rings is 1. The number of thiazole rings is 1. The van der Waals surface area contributed by atoms with Crippen LogP contribution in [0.3, 0.4) is 0 Å². The highest BCUT2D eigenvalue weighted by Gasteiger charge is 2.35. The number of aromatic nitrogens is 1. The van der Waals surface area contributed by atoms with E-state index < -0.39 is 19.7 Å². The summed E-state index contributed by atoms with van der Waals surface area (Å²) in [5, 5.41) is 0.0894. The summed E-state index contributed by atoms with van der Waals surface area (Å²) in [5.74, 6) is 0. The zero-order chi connectivity index (χ0) is 24.0. The van der Waals surface area contributed by atoms with E-state index in [4.69, 9.17) is 4.74 Å². The van der Waals surface area contributed by atoms with Gasteiger partial charge in [0.25, 0.3) is 0 Å². The second-order valence-corrected chi connectivity index (χ2v) is 13.4. The molecule has 0 radical (unpaired) electrons. The molecule has 2 aromatic carbocycles. The monoisotopic (exact) mass is 506 g/mol. The smallest absolute Gasteiger partial charge is 0.233 e. The Morgan fingerprint density at radius 2 is 1.27 bits per heavy atom. The lowest BCUT2D eigenvalue weighted by Crippen LogP contribution is -2.45. The van der Waals surface area contributed by atoms with E-state index >= 15 is 0 Å². The van der Waals surface area contributed by atoms with Crippen molar-refractivity contribution in [3.05, 3.63) is 59.7 Å². The van der Waals surface area contributed by atoms with Crippen molar-refractivity contribution in [1.82, 2.24) is 4.98 Å². The Bertz CT molecular complexity index is 1350. The van der Waals surface area contributed by atoms with Crippen LogP contribution in [-0.4, -0.2) is 47.1 Å². The lowest BCUT2D eigenvalue weighted by Gasteiger charge is -2.36. The van der Waals surface area contributed by atoms with Gasteiger partial charge in [-0.25, -0.2) is 21.8 Å². The van der Waals surface area contributed by atoms with Crippen LogP contribution in [0.1, 0.15) is 25.0 Å². The predicted octanol–water partition coefficient (Wildman–Crippen LogP) is 4.04. The number of benzene rings is 2. The molecule has 3 aromatic rings. The van der Waals surface area contributed by atoms with Gasteiger partial charge in [-0.05, 0) is 52.0 Å². The third kappa shape index (κ3) is 4.70. The van der Waals surface area contributed by atoms with Gasteiger partial charge in [0.05, 0.1) is 22.0 Å². The molecule has 4 rings (SSSR count). The summed E-state index contributed by atoms with van der Waals surface area (Å²) in [6.07, 6.45) is -0.272. The normalized spacial score (nSPS) is 19.6. The van der Waals surface area contributed by atoms with Crippen LogP contribution in [0.4, 0.5) is 5.00 Å². The second-order valence-electron chi connectivity index (χ2n) is 8.39. The molecule has 2 atom stereocenters. The minimum atomic E-state index is -4.05. The summed E-state index contributed by atoms with van der Waals surface area (Å²) in [7, 11) is -8.03. The van der Waals surface area contributed by atoms with Gasteiger partial charge >= 0.3 is 0 Å². The van der Waals surface area contributed by atoms with Crippen molar-refractivity contribution in [2.75, 3.05) is 18.0 Å². The number of ether oxygens (including phenoxy) is 1. The number of anilines is 1. The van der Waals surface area contributed by atoms with Gasteiger partial charge in [0.1, 0.15) is 5.00 Å². The van der Waals surface area contributed by atoms with Gasteiger partial charge in [-0.3, -0.25) is 0 Å². The summed E-state index contributed by atoms with van der Waals surface area (Å²) < 4.78 is 59.4. The molecule has 2 heterocycles. The van der Waals surface area contributed by atoms with E-state index in [0.29, 0.717) is 18.1 Å². The molecule has 0 unspecified atom stereocenters. The van der Waals surface area contributed by atoms with Crippen molar-refractivity contribution < 1.29 is 21.6 Å². The van der Waals surface area contributed by atoms with E-state index in [0.717, 1.165) is 22.5 Å². The molecule has 1 saturated heterocycles. The van der Waals surface area contributed by atoms with Crippen molar-refractivity contribution in [1.29, 1.82) is 0 Å². The molecule has 10 heteroatoms. The highest BCUT2D eigenvalue weighted by molar-refractivity contribution is 7.94. The first kappa shape index (κ1) is 23.9. The van der Waals surface area contributed by atoms with Gasteiger partial charge < -0.3 is 9.64 Å². The Hall–Kier alpha value is -2.27. The quantitative estimate of drug-likeness (QED) is 0.516. The van der Waals surface area contributed by atoms with Crippen molar-refractivity contribution >= 4 is 36.0 Å². The number of hydrogen-bond donors (Lipinski definition) is 0. The van der Waals surface area contributed by atoms with E-state index in [1.165, 1.54) is 24.3 Å². The van der Waals surface area contributed by atoms with Crippen molar-refractivity contribution in [2.24, 2.45) is 0 Å². The number of sulfone groups is 2. The average molecular weight is 507 g/mol. The molecule has 176 valence electrons. The Morgan fingerprint density at radius 1 is 0.818 bits per heavy atom. The molecule has 1 aliphatic rings. The summed E-state index contributed by atoms with van der Waals surface area (Å²) >= 11 is 0.893. The predicted molar refractivity (Wildman–Crippen MR) is 128 cm³/mol. The lowest BCUT2D eigenvalue weighted by molar-refractivity contribution is -0.00517. The number of hydrogen-bond acceptors (Lipinski definition) is 8. The molecule has 0 N–H and O–H groups in total. The highest BCUT2D eigenvalue weighted by Crippen LogP contribution is 2.40. The average Bonchev–Trinajstić information content (AvgIpc) is 3.21. The molecule has 0 aliphatic carbocycles. The summed E-state index contributed by atoms with van der Waals surface area (Å²) in [6, 6.07) is 12.9. The van der Waals surface area contributed by atoms with E-state index in [9.17, 15) is 16.8 Å². The third-order valence-electron chi connectivity index (χ3n) is 5.41. The molecule has 1 aliphatic heterocycles. The molecular formula is C23H26N2O5S3. The fraction of sp³-hybridized carbons (Fsp3) is 0.348. The first-order valence-electron chi connectivity index (χ1n) is 10.5. The lowest BCUT2D eigenvalue weighted by atomic mass is 10.2. The van der Waals surface area contributed by atoms with Crippen LogP contribution in [0, 0.1) is 13.8 Å². The van der Waals surface area contributed by atoms with Crippen molar-refractivity contribution in [3.8, 4) is 0 Å². The molecule has 1 aromatic heterocycles. The van der Waals surface area contributed by atoms with Gasteiger partial charge in [0.15, 0.2) is 5.03 Å². The van der Waals surface area contributed by atoms with Gasteiger partial charge in [-0.1, -0.05) is 46.7 Å². The minimum absolute atomic E-state index is 0.0771. The van der Waals surface area contributed by atoms with Crippen LogP contribution in [0.2, 0.25) is 0 Å². The highest BCUT2D eigenvalue weighted by atomic mass is 32.2. The first-order chi connectivity index (χ1) is 15.5. The molecule has 0 saturated carbocycles. The molecule has 0 bridgehead atoms. The van der Waals surface area contributed by atoms with Crippen molar-refractivity contribution in [3.63, 3.8) is 0 Å². The Labute approximate surface area is 198 Å².